The number of aromatic nitrogens is 3. The topological polar surface area (TPSA) is 50.9 Å². The number of aromatic hydroxyl groups is 1. The number of fused-ring (bicyclic) bond motifs is 1. The molecule has 0 atom stereocenters. The van der Waals surface area contributed by atoms with Crippen molar-refractivity contribution in [1.82, 2.24) is 14.5 Å². The monoisotopic (exact) mass is 225 g/mol. The van der Waals surface area contributed by atoms with Gasteiger partial charge in [-0.3, -0.25) is 0 Å². The van der Waals surface area contributed by atoms with Crippen LogP contribution in [-0.2, 0) is 7.05 Å². The van der Waals surface area contributed by atoms with Gasteiger partial charge in [-0.2, -0.15) is 0 Å². The molecule has 0 saturated carbocycles. The second-order valence-corrected chi connectivity index (χ2v) is 3.89. The molecule has 0 bridgehead atoms. The van der Waals surface area contributed by atoms with Gasteiger partial charge in [-0.25, -0.2) is 9.97 Å². The molecule has 4 heteroatoms. The molecule has 2 aromatic heterocycles. The predicted molar refractivity (Wildman–Crippen MR) is 65.6 cm³/mol. The number of nitrogens with zero attached hydrogens (tertiary/aromatic N) is 3. The summed E-state index contributed by atoms with van der Waals surface area (Å²) in [6.07, 6.45) is 1.57. The number of rotatable bonds is 1. The molecular formula is C13H11N3O. The third kappa shape index (κ3) is 1.54. The maximum atomic E-state index is 9.39. The van der Waals surface area contributed by atoms with Gasteiger partial charge in [0.2, 0.25) is 5.88 Å². The van der Waals surface area contributed by atoms with Gasteiger partial charge in [0.25, 0.3) is 0 Å². The minimum Gasteiger partial charge on any atom is -0.493 e. The van der Waals surface area contributed by atoms with Crippen molar-refractivity contribution in [2.75, 3.05) is 0 Å². The summed E-state index contributed by atoms with van der Waals surface area (Å²) in [5.41, 5.74) is 2.87. The Morgan fingerprint density at radius 1 is 1.18 bits per heavy atom. The van der Waals surface area contributed by atoms with E-state index in [9.17, 15) is 5.11 Å². The van der Waals surface area contributed by atoms with Gasteiger partial charge in [0.1, 0.15) is 5.82 Å². The van der Waals surface area contributed by atoms with Crippen LogP contribution in [0.5, 0.6) is 5.88 Å². The van der Waals surface area contributed by atoms with Crippen LogP contribution < -0.4 is 0 Å². The highest BCUT2D eigenvalue weighted by atomic mass is 16.3. The third-order valence-electron chi connectivity index (χ3n) is 2.79. The summed E-state index contributed by atoms with van der Waals surface area (Å²) < 4.78 is 2.00. The fraction of sp³-hybridized carbons (Fsp3) is 0.0769. The Kier molecular flexibility index (Phi) is 2.08. The van der Waals surface area contributed by atoms with Crippen molar-refractivity contribution in [2.24, 2.45) is 7.05 Å². The van der Waals surface area contributed by atoms with Gasteiger partial charge < -0.3 is 9.67 Å². The highest BCUT2D eigenvalue weighted by Crippen LogP contribution is 2.24. The molecule has 3 rings (SSSR count). The Labute approximate surface area is 98.2 Å². The number of hydrogen-bond acceptors (Lipinski definition) is 3. The van der Waals surface area contributed by atoms with Crippen molar-refractivity contribution in [3.05, 3.63) is 42.6 Å². The first-order chi connectivity index (χ1) is 8.25. The van der Waals surface area contributed by atoms with E-state index in [-0.39, 0.29) is 5.88 Å². The van der Waals surface area contributed by atoms with Crippen LogP contribution in [0.15, 0.2) is 42.6 Å². The van der Waals surface area contributed by atoms with Crippen LogP contribution in [0.25, 0.3) is 22.4 Å². The maximum Gasteiger partial charge on any atom is 0.211 e. The standard InChI is InChI=1S/C13H11N3O/c1-16-11-5-3-2-4-10(11)15-13(16)9-6-7-14-12(17)8-9/h2-8H,1H3,(H,14,17). The number of hydrogen-bond donors (Lipinski definition) is 1. The first-order valence-electron chi connectivity index (χ1n) is 5.32. The van der Waals surface area contributed by atoms with Crippen molar-refractivity contribution in [2.45, 2.75) is 0 Å². The van der Waals surface area contributed by atoms with E-state index in [0.29, 0.717) is 0 Å². The van der Waals surface area contributed by atoms with Crippen LogP contribution >= 0.6 is 0 Å². The van der Waals surface area contributed by atoms with E-state index >= 15 is 0 Å². The van der Waals surface area contributed by atoms with Crippen molar-refractivity contribution in [3.63, 3.8) is 0 Å². The molecule has 3 aromatic rings. The molecule has 0 radical (unpaired) electrons. The zero-order valence-electron chi connectivity index (χ0n) is 9.33. The normalized spacial score (nSPS) is 10.9. The van der Waals surface area contributed by atoms with E-state index in [2.05, 4.69) is 9.97 Å². The molecule has 0 spiro atoms. The van der Waals surface area contributed by atoms with Gasteiger partial charge in [0.15, 0.2) is 0 Å². The molecule has 0 unspecified atom stereocenters. The maximum absolute atomic E-state index is 9.39. The molecule has 4 nitrogen and oxygen atoms in total. The summed E-state index contributed by atoms with van der Waals surface area (Å²) in [5, 5.41) is 9.39. The SMILES string of the molecule is Cn1c(-c2ccnc(O)c2)nc2ccccc21. The second kappa shape index (κ2) is 3.59. The number of para-hydroxylation sites is 2. The largest absolute Gasteiger partial charge is 0.493 e. The van der Waals surface area contributed by atoms with Gasteiger partial charge in [0, 0.05) is 24.9 Å². The van der Waals surface area contributed by atoms with Crippen LogP contribution in [0.2, 0.25) is 0 Å². The summed E-state index contributed by atoms with van der Waals surface area (Å²) in [4.78, 5) is 8.32. The predicted octanol–water partition coefficient (Wildman–Crippen LogP) is 2.34. The summed E-state index contributed by atoms with van der Waals surface area (Å²) in [5.74, 6) is 0.832. The molecule has 0 amide bonds. The van der Waals surface area contributed by atoms with Crippen LogP contribution in [0.1, 0.15) is 0 Å². The first-order valence-corrected chi connectivity index (χ1v) is 5.32. The van der Waals surface area contributed by atoms with Gasteiger partial charge in [-0.05, 0) is 18.2 Å². The molecular weight excluding hydrogens is 214 g/mol. The summed E-state index contributed by atoms with van der Waals surface area (Å²) >= 11 is 0. The molecule has 2 heterocycles. The fourth-order valence-corrected chi connectivity index (χ4v) is 1.96. The van der Waals surface area contributed by atoms with E-state index < -0.39 is 0 Å². The summed E-state index contributed by atoms with van der Waals surface area (Å²) in [6, 6.07) is 11.4. The number of pyridine rings is 1. The lowest BCUT2D eigenvalue weighted by atomic mass is 10.2. The Hall–Kier alpha value is -2.36. The quantitative estimate of drug-likeness (QED) is 0.691. The minimum atomic E-state index is 0.00885. The van der Waals surface area contributed by atoms with Crippen LogP contribution in [0, 0.1) is 0 Å². The molecule has 0 aliphatic carbocycles. The molecule has 84 valence electrons. The molecule has 0 saturated heterocycles. The molecule has 0 aliphatic heterocycles. The van der Waals surface area contributed by atoms with Crippen molar-refractivity contribution >= 4 is 11.0 Å². The Balaban J connectivity index is 2.27. The first kappa shape index (κ1) is 9.84. The van der Waals surface area contributed by atoms with Gasteiger partial charge in [-0.1, -0.05) is 12.1 Å². The van der Waals surface area contributed by atoms with E-state index in [4.69, 9.17) is 0 Å². The Morgan fingerprint density at radius 2 is 2.00 bits per heavy atom. The Morgan fingerprint density at radius 3 is 2.76 bits per heavy atom. The lowest BCUT2D eigenvalue weighted by Crippen LogP contribution is -1.92. The summed E-state index contributed by atoms with van der Waals surface area (Å²) in [7, 11) is 1.96. The van der Waals surface area contributed by atoms with E-state index in [0.717, 1.165) is 22.4 Å². The van der Waals surface area contributed by atoms with Crippen LogP contribution in [0.4, 0.5) is 0 Å². The van der Waals surface area contributed by atoms with Gasteiger partial charge in [-0.15, -0.1) is 0 Å². The minimum absolute atomic E-state index is 0.00885. The van der Waals surface area contributed by atoms with E-state index in [1.54, 1.807) is 12.3 Å². The number of benzene rings is 1. The molecule has 17 heavy (non-hydrogen) atoms. The summed E-state index contributed by atoms with van der Waals surface area (Å²) in [6.45, 7) is 0. The van der Waals surface area contributed by atoms with Gasteiger partial charge >= 0.3 is 0 Å². The second-order valence-electron chi connectivity index (χ2n) is 3.89. The average molecular weight is 225 g/mol. The van der Waals surface area contributed by atoms with E-state index in [1.165, 1.54) is 0 Å². The fourth-order valence-electron chi connectivity index (χ4n) is 1.96. The van der Waals surface area contributed by atoms with Crippen molar-refractivity contribution in [3.8, 4) is 17.3 Å². The zero-order chi connectivity index (χ0) is 11.8. The molecule has 0 fully saturated rings. The highest BCUT2D eigenvalue weighted by molar-refractivity contribution is 5.80. The third-order valence-corrected chi connectivity index (χ3v) is 2.79. The number of aryl methyl sites for hydroxylation is 1. The lowest BCUT2D eigenvalue weighted by Gasteiger charge is -2.02. The van der Waals surface area contributed by atoms with E-state index in [1.807, 2.05) is 41.9 Å². The highest BCUT2D eigenvalue weighted by Gasteiger charge is 2.09. The molecule has 0 aliphatic rings. The van der Waals surface area contributed by atoms with Crippen molar-refractivity contribution < 1.29 is 5.11 Å². The smallest absolute Gasteiger partial charge is 0.211 e. The van der Waals surface area contributed by atoms with Gasteiger partial charge in [0.05, 0.1) is 11.0 Å². The van der Waals surface area contributed by atoms with Crippen molar-refractivity contribution in [1.29, 1.82) is 0 Å². The van der Waals surface area contributed by atoms with Crippen LogP contribution in [0.3, 0.4) is 0 Å². The zero-order valence-corrected chi connectivity index (χ0v) is 9.33. The Bertz CT molecular complexity index is 688. The molecule has 1 aromatic carbocycles. The number of imidazole rings is 1. The average Bonchev–Trinajstić information content (AvgIpc) is 2.68. The molecule has 1 N–H and O–H groups in total. The van der Waals surface area contributed by atoms with Crippen LogP contribution in [-0.4, -0.2) is 19.6 Å². The lowest BCUT2D eigenvalue weighted by molar-refractivity contribution is 0.453.